The molecular weight excluding hydrogens is 383 g/mol. The third kappa shape index (κ3) is 4.15. The summed E-state index contributed by atoms with van der Waals surface area (Å²) in [6.45, 7) is 3.47. The van der Waals surface area contributed by atoms with Crippen molar-refractivity contribution in [2.45, 2.75) is 44.8 Å². The van der Waals surface area contributed by atoms with Gasteiger partial charge in [-0.15, -0.1) is 0 Å². The van der Waals surface area contributed by atoms with E-state index in [0.717, 1.165) is 31.4 Å². The van der Waals surface area contributed by atoms with Crippen molar-refractivity contribution in [3.05, 3.63) is 58.9 Å². The highest BCUT2D eigenvalue weighted by Crippen LogP contribution is 2.35. The van der Waals surface area contributed by atoms with Gasteiger partial charge in [-0.25, -0.2) is 4.39 Å². The maximum atomic E-state index is 14.4. The van der Waals surface area contributed by atoms with E-state index in [1.165, 1.54) is 16.5 Å². The van der Waals surface area contributed by atoms with Crippen molar-refractivity contribution in [3.63, 3.8) is 0 Å². The number of hydrogen-bond donors (Lipinski definition) is 2. The summed E-state index contributed by atoms with van der Waals surface area (Å²) in [5.74, 6) is 1.48. The molecule has 1 saturated carbocycles. The molecule has 4 rings (SSSR count). The molecule has 1 heterocycles. The van der Waals surface area contributed by atoms with Crippen molar-refractivity contribution in [2.75, 3.05) is 20.8 Å². The molecule has 0 bridgehead atoms. The van der Waals surface area contributed by atoms with Gasteiger partial charge in [0.05, 0.1) is 26.8 Å². The lowest BCUT2D eigenvalue weighted by Gasteiger charge is -2.38. The average molecular weight is 414 g/mol. The van der Waals surface area contributed by atoms with Crippen LogP contribution in [0.15, 0.2) is 36.4 Å². The van der Waals surface area contributed by atoms with Gasteiger partial charge >= 0.3 is 0 Å². The van der Waals surface area contributed by atoms with E-state index in [4.69, 9.17) is 9.47 Å². The summed E-state index contributed by atoms with van der Waals surface area (Å²) in [4.78, 5) is 13.7. The monoisotopic (exact) mass is 413 g/mol. The second-order valence-corrected chi connectivity index (χ2v) is 8.38. The van der Waals surface area contributed by atoms with Gasteiger partial charge in [-0.05, 0) is 43.5 Å². The first-order valence-electron chi connectivity index (χ1n) is 10.6. The van der Waals surface area contributed by atoms with E-state index in [9.17, 15) is 9.18 Å². The molecule has 0 aromatic heterocycles. The molecule has 0 saturated heterocycles. The van der Waals surface area contributed by atoms with Crippen LogP contribution >= 0.6 is 0 Å². The van der Waals surface area contributed by atoms with E-state index in [1.54, 1.807) is 20.3 Å². The van der Waals surface area contributed by atoms with Gasteiger partial charge in [0.1, 0.15) is 18.4 Å². The molecule has 5 nitrogen and oxygen atoms in total. The number of amides is 1. The van der Waals surface area contributed by atoms with Crippen LogP contribution in [0.1, 0.15) is 42.5 Å². The van der Waals surface area contributed by atoms with Crippen molar-refractivity contribution < 1.29 is 23.6 Å². The zero-order chi connectivity index (χ0) is 21.3. The van der Waals surface area contributed by atoms with Crippen LogP contribution in [0.3, 0.4) is 0 Å². The molecule has 2 N–H and O–H groups in total. The molecule has 1 unspecified atom stereocenters. The number of carbonyl (C=O) groups is 1. The van der Waals surface area contributed by atoms with Crippen molar-refractivity contribution in [1.82, 2.24) is 5.32 Å². The van der Waals surface area contributed by atoms with Crippen LogP contribution < -0.4 is 19.7 Å². The Morgan fingerprint density at radius 2 is 1.90 bits per heavy atom. The highest BCUT2D eigenvalue weighted by molar-refractivity contribution is 5.81. The highest BCUT2D eigenvalue weighted by Gasteiger charge is 2.39. The number of ether oxygens (including phenoxy) is 2. The number of nitrogens with one attached hydrogen (secondary N) is 2. The van der Waals surface area contributed by atoms with E-state index < -0.39 is 0 Å². The summed E-state index contributed by atoms with van der Waals surface area (Å²) >= 11 is 0. The topological polar surface area (TPSA) is 52.0 Å². The number of carbonyl (C=O) groups excluding carboxylic acids is 1. The molecule has 160 valence electrons. The van der Waals surface area contributed by atoms with Crippen molar-refractivity contribution in [1.29, 1.82) is 0 Å². The Labute approximate surface area is 177 Å². The number of benzene rings is 2. The molecular formula is C24H30FN2O3+. The quantitative estimate of drug-likeness (QED) is 0.733. The van der Waals surface area contributed by atoms with Gasteiger partial charge < -0.3 is 19.7 Å². The number of methoxy groups -OCH3 is 2. The maximum absolute atomic E-state index is 14.4. The molecule has 0 spiro atoms. The first kappa shape index (κ1) is 20.7. The number of hydrogen-bond acceptors (Lipinski definition) is 3. The number of quaternary nitrogens is 1. The van der Waals surface area contributed by atoms with Crippen LogP contribution in [0.5, 0.6) is 11.5 Å². The fraction of sp³-hybridized carbons (Fsp3) is 0.458. The minimum atomic E-state index is -0.184. The van der Waals surface area contributed by atoms with Gasteiger partial charge in [-0.3, -0.25) is 4.79 Å². The first-order valence-corrected chi connectivity index (χ1v) is 10.6. The van der Waals surface area contributed by atoms with Crippen LogP contribution in [0.4, 0.5) is 4.39 Å². The Balaban J connectivity index is 1.69. The normalized spacial score (nSPS) is 21.5. The Kier molecular flexibility index (Phi) is 5.95. The van der Waals surface area contributed by atoms with Crippen LogP contribution in [-0.4, -0.2) is 32.7 Å². The van der Waals surface area contributed by atoms with Gasteiger partial charge in [0.25, 0.3) is 0 Å². The molecule has 1 fully saturated rings. The minimum absolute atomic E-state index is 0.00383. The summed E-state index contributed by atoms with van der Waals surface area (Å²) in [5.41, 5.74) is 3.03. The average Bonchev–Trinajstić information content (AvgIpc) is 3.59. The smallest absolute Gasteiger partial charge is 0.223 e. The Hall–Kier alpha value is -2.60. The number of halogens is 1. The molecule has 2 aromatic carbocycles. The lowest BCUT2D eigenvalue weighted by atomic mass is 9.87. The second kappa shape index (κ2) is 8.64. The summed E-state index contributed by atoms with van der Waals surface area (Å²) in [6, 6.07) is 10.9. The second-order valence-electron chi connectivity index (χ2n) is 8.38. The van der Waals surface area contributed by atoms with Crippen LogP contribution in [0.25, 0.3) is 0 Å². The van der Waals surface area contributed by atoms with Gasteiger partial charge in [0, 0.05) is 23.5 Å². The Bertz CT molecular complexity index is 929. The molecule has 30 heavy (non-hydrogen) atoms. The standard InChI is InChI=1S/C24H29FN2O3/c1-15(26-24(28)16-8-9-16)23-19-13-22(30-3)21(29-2)12-17(19)10-11-27(23)14-18-6-4-5-7-20(18)25/h4-7,12-13,15-16,23H,8-11,14H2,1-3H3,(H,26,28)/p+1/t15-,23-/m0/s1. The Morgan fingerprint density at radius 1 is 1.20 bits per heavy atom. The predicted octanol–water partition coefficient (Wildman–Crippen LogP) is 2.44. The number of fused-ring (bicyclic) bond motifs is 1. The van der Waals surface area contributed by atoms with Crippen LogP contribution in [0, 0.1) is 11.7 Å². The van der Waals surface area contributed by atoms with E-state index in [-0.39, 0.29) is 29.7 Å². The van der Waals surface area contributed by atoms with E-state index >= 15 is 0 Å². The highest BCUT2D eigenvalue weighted by atomic mass is 19.1. The summed E-state index contributed by atoms with van der Waals surface area (Å²) in [5, 5.41) is 3.22. The Morgan fingerprint density at radius 3 is 2.57 bits per heavy atom. The van der Waals surface area contributed by atoms with Crippen LogP contribution in [0.2, 0.25) is 0 Å². The molecule has 2 aromatic rings. The largest absolute Gasteiger partial charge is 0.493 e. The van der Waals surface area contributed by atoms with Crippen LogP contribution in [-0.2, 0) is 17.8 Å². The molecule has 6 heteroatoms. The third-order valence-electron chi connectivity index (χ3n) is 6.33. The third-order valence-corrected chi connectivity index (χ3v) is 6.33. The van der Waals surface area contributed by atoms with Gasteiger partial charge in [0.2, 0.25) is 5.91 Å². The van der Waals surface area contributed by atoms with E-state index in [2.05, 4.69) is 12.2 Å². The molecule has 1 aliphatic heterocycles. The fourth-order valence-corrected chi connectivity index (χ4v) is 4.59. The van der Waals surface area contributed by atoms with Crippen molar-refractivity contribution in [2.24, 2.45) is 5.92 Å². The maximum Gasteiger partial charge on any atom is 0.223 e. The molecule has 1 amide bonds. The fourth-order valence-electron chi connectivity index (χ4n) is 4.59. The summed E-state index contributed by atoms with van der Waals surface area (Å²) < 4.78 is 25.4. The number of rotatable bonds is 7. The zero-order valence-corrected chi connectivity index (χ0v) is 17.8. The molecule has 3 atom stereocenters. The van der Waals surface area contributed by atoms with Crippen molar-refractivity contribution >= 4 is 5.91 Å². The summed E-state index contributed by atoms with van der Waals surface area (Å²) in [6.07, 6.45) is 2.80. The van der Waals surface area contributed by atoms with Gasteiger partial charge in [0.15, 0.2) is 11.5 Å². The molecule has 0 radical (unpaired) electrons. The van der Waals surface area contributed by atoms with E-state index in [0.29, 0.717) is 23.6 Å². The SMILES string of the molecule is COc1cc2c(cc1OC)[C@H]([C@H](C)NC(=O)C1CC1)[NH+](Cc1ccccc1F)CC2. The van der Waals surface area contributed by atoms with E-state index in [1.807, 2.05) is 24.3 Å². The molecule has 1 aliphatic carbocycles. The lowest BCUT2D eigenvalue weighted by molar-refractivity contribution is -0.948. The predicted molar refractivity (Wildman–Crippen MR) is 112 cm³/mol. The first-order chi connectivity index (χ1) is 14.5. The zero-order valence-electron chi connectivity index (χ0n) is 17.8. The molecule has 2 aliphatic rings. The lowest BCUT2D eigenvalue weighted by Crippen LogP contribution is -3.13. The van der Waals surface area contributed by atoms with Crippen molar-refractivity contribution in [3.8, 4) is 11.5 Å². The van der Waals surface area contributed by atoms with Gasteiger partial charge in [-0.1, -0.05) is 18.2 Å². The minimum Gasteiger partial charge on any atom is -0.493 e. The summed E-state index contributed by atoms with van der Waals surface area (Å²) in [7, 11) is 3.27. The van der Waals surface area contributed by atoms with Gasteiger partial charge in [-0.2, -0.15) is 0 Å².